The van der Waals surface area contributed by atoms with Crippen LogP contribution in [0.15, 0.2) is 82.0 Å². The Bertz CT molecular complexity index is 1250. The Kier molecular flexibility index (Phi) is 5.35. The van der Waals surface area contributed by atoms with Gasteiger partial charge in [0.1, 0.15) is 0 Å². The van der Waals surface area contributed by atoms with E-state index in [0.717, 1.165) is 16.2 Å². The normalized spacial score (nSPS) is 12.0. The van der Waals surface area contributed by atoms with Crippen LogP contribution in [0.25, 0.3) is 17.0 Å². The van der Waals surface area contributed by atoms with Gasteiger partial charge < -0.3 is 0 Å². The van der Waals surface area contributed by atoms with Gasteiger partial charge in [0.05, 0.1) is 16.6 Å². The standard InChI is InChI=1S/C23H20N4OS/c1-16-9-11-17(12-10-16)20(14-13-18-6-5-15-29-18)25-26-23-24-21-8-4-3-7-19(21)22(28)27(23)2/h3-15H,1-2H3,(H,24,26)/b14-13+,25-20-. The molecule has 144 valence electrons. The van der Waals surface area contributed by atoms with E-state index in [1.54, 1.807) is 24.5 Å². The van der Waals surface area contributed by atoms with Crippen LogP contribution in [0, 0.1) is 6.92 Å². The molecule has 4 aromatic rings. The lowest BCUT2D eigenvalue weighted by Crippen LogP contribution is -2.21. The quantitative estimate of drug-likeness (QED) is 0.385. The first kappa shape index (κ1) is 18.8. The van der Waals surface area contributed by atoms with Crippen molar-refractivity contribution in [1.82, 2.24) is 9.55 Å². The molecule has 6 heteroatoms. The first-order valence-corrected chi connectivity index (χ1v) is 10.1. The Labute approximate surface area is 172 Å². The van der Waals surface area contributed by atoms with Gasteiger partial charge in [-0.2, -0.15) is 5.10 Å². The van der Waals surface area contributed by atoms with Gasteiger partial charge in [-0.15, -0.1) is 11.3 Å². The van der Waals surface area contributed by atoms with E-state index in [-0.39, 0.29) is 5.56 Å². The van der Waals surface area contributed by atoms with E-state index in [1.165, 1.54) is 10.1 Å². The van der Waals surface area contributed by atoms with Crippen molar-refractivity contribution in [3.8, 4) is 0 Å². The molecule has 4 rings (SSSR count). The Morgan fingerprint density at radius 2 is 1.90 bits per heavy atom. The molecule has 0 aliphatic rings. The van der Waals surface area contributed by atoms with Crippen molar-refractivity contribution in [1.29, 1.82) is 0 Å². The molecule has 0 amide bonds. The fourth-order valence-electron chi connectivity index (χ4n) is 2.90. The van der Waals surface area contributed by atoms with E-state index in [2.05, 4.69) is 28.5 Å². The van der Waals surface area contributed by atoms with Gasteiger partial charge in [0, 0.05) is 17.5 Å². The first-order chi connectivity index (χ1) is 14.1. The highest BCUT2D eigenvalue weighted by Crippen LogP contribution is 2.14. The van der Waals surface area contributed by atoms with Crippen molar-refractivity contribution in [2.45, 2.75) is 6.92 Å². The summed E-state index contributed by atoms with van der Waals surface area (Å²) < 4.78 is 1.47. The first-order valence-electron chi connectivity index (χ1n) is 9.20. The van der Waals surface area contributed by atoms with Crippen LogP contribution >= 0.6 is 11.3 Å². The van der Waals surface area contributed by atoms with Crippen LogP contribution in [-0.4, -0.2) is 15.3 Å². The maximum Gasteiger partial charge on any atom is 0.262 e. The highest BCUT2D eigenvalue weighted by atomic mass is 32.1. The van der Waals surface area contributed by atoms with Crippen molar-refractivity contribution in [2.75, 3.05) is 5.43 Å². The van der Waals surface area contributed by atoms with Crippen molar-refractivity contribution in [2.24, 2.45) is 12.1 Å². The molecule has 2 aromatic carbocycles. The number of fused-ring (bicyclic) bond motifs is 1. The number of allylic oxidation sites excluding steroid dienone is 1. The number of para-hydroxylation sites is 1. The summed E-state index contributed by atoms with van der Waals surface area (Å²) in [6.45, 7) is 2.05. The number of aromatic nitrogens is 2. The smallest absolute Gasteiger partial charge is 0.262 e. The van der Waals surface area contributed by atoms with Gasteiger partial charge in [-0.3, -0.25) is 9.36 Å². The predicted octanol–water partition coefficient (Wildman–Crippen LogP) is 4.83. The van der Waals surface area contributed by atoms with Crippen LogP contribution < -0.4 is 11.0 Å². The zero-order valence-corrected chi connectivity index (χ0v) is 17.0. The third kappa shape index (κ3) is 4.17. The average molecular weight is 401 g/mol. The van der Waals surface area contributed by atoms with E-state index in [4.69, 9.17) is 0 Å². The maximum atomic E-state index is 12.6. The van der Waals surface area contributed by atoms with Crippen LogP contribution in [0.2, 0.25) is 0 Å². The predicted molar refractivity (Wildman–Crippen MR) is 122 cm³/mol. The number of hydrazone groups is 1. The third-order valence-corrected chi connectivity index (χ3v) is 5.39. The Balaban J connectivity index is 1.73. The average Bonchev–Trinajstić information content (AvgIpc) is 3.26. The number of thiophene rings is 1. The zero-order valence-electron chi connectivity index (χ0n) is 16.2. The van der Waals surface area contributed by atoms with Gasteiger partial charge in [-0.1, -0.05) is 48.0 Å². The molecule has 0 fully saturated rings. The lowest BCUT2D eigenvalue weighted by atomic mass is 10.1. The molecule has 0 spiro atoms. The molecule has 0 radical (unpaired) electrons. The minimum atomic E-state index is -0.112. The van der Waals surface area contributed by atoms with E-state index in [1.807, 2.05) is 66.1 Å². The summed E-state index contributed by atoms with van der Waals surface area (Å²) in [7, 11) is 1.69. The number of rotatable bonds is 5. The second-order valence-corrected chi connectivity index (χ2v) is 7.62. The zero-order chi connectivity index (χ0) is 20.2. The summed E-state index contributed by atoms with van der Waals surface area (Å²) in [5.41, 5.74) is 6.41. The molecule has 2 aromatic heterocycles. The summed E-state index contributed by atoms with van der Waals surface area (Å²) in [5.74, 6) is 0.392. The summed E-state index contributed by atoms with van der Waals surface area (Å²) >= 11 is 1.66. The molecule has 0 aliphatic heterocycles. The minimum absolute atomic E-state index is 0.112. The van der Waals surface area contributed by atoms with Gasteiger partial charge in [-0.05, 0) is 42.7 Å². The monoisotopic (exact) mass is 400 g/mol. The molecule has 0 atom stereocenters. The number of nitrogens with zero attached hydrogens (tertiary/aromatic N) is 3. The van der Waals surface area contributed by atoms with Crippen molar-refractivity contribution in [3.05, 3.63) is 98.5 Å². The molecule has 0 saturated carbocycles. The summed E-state index contributed by atoms with van der Waals surface area (Å²) in [4.78, 5) is 18.3. The molecule has 0 unspecified atom stereocenters. The Morgan fingerprint density at radius 3 is 2.66 bits per heavy atom. The van der Waals surface area contributed by atoms with Crippen LogP contribution in [-0.2, 0) is 7.05 Å². The number of nitrogens with one attached hydrogen (secondary N) is 1. The SMILES string of the molecule is Cc1ccc(C(/C=C/c2cccs2)=N\Nc2nc3ccccc3c(=O)n2C)cc1. The second kappa shape index (κ2) is 8.24. The topological polar surface area (TPSA) is 59.3 Å². The molecule has 0 aliphatic carbocycles. The van der Waals surface area contributed by atoms with E-state index < -0.39 is 0 Å². The van der Waals surface area contributed by atoms with Crippen molar-refractivity contribution in [3.63, 3.8) is 0 Å². The van der Waals surface area contributed by atoms with Gasteiger partial charge in [-0.25, -0.2) is 10.4 Å². The summed E-state index contributed by atoms with van der Waals surface area (Å²) in [6, 6.07) is 19.5. The summed E-state index contributed by atoms with van der Waals surface area (Å²) in [5, 5.41) is 7.19. The third-order valence-electron chi connectivity index (χ3n) is 4.56. The molecule has 1 N–H and O–H groups in total. The number of anilines is 1. The molecule has 0 bridgehead atoms. The molecular weight excluding hydrogens is 380 g/mol. The largest absolute Gasteiger partial charge is 0.280 e. The number of hydrogen-bond acceptors (Lipinski definition) is 5. The lowest BCUT2D eigenvalue weighted by molar-refractivity contribution is 0.846. The lowest BCUT2D eigenvalue weighted by Gasteiger charge is -2.09. The molecule has 0 saturated heterocycles. The van der Waals surface area contributed by atoms with E-state index in [0.29, 0.717) is 16.9 Å². The highest BCUT2D eigenvalue weighted by molar-refractivity contribution is 7.10. The highest BCUT2D eigenvalue weighted by Gasteiger charge is 2.08. The number of aryl methyl sites for hydroxylation is 1. The van der Waals surface area contributed by atoms with Crippen LogP contribution in [0.4, 0.5) is 5.95 Å². The fourth-order valence-corrected chi connectivity index (χ4v) is 3.52. The molecule has 5 nitrogen and oxygen atoms in total. The molecule has 2 heterocycles. The summed E-state index contributed by atoms with van der Waals surface area (Å²) in [6.07, 6.45) is 3.99. The fraction of sp³-hybridized carbons (Fsp3) is 0.0870. The number of hydrogen-bond donors (Lipinski definition) is 1. The van der Waals surface area contributed by atoms with Crippen molar-refractivity contribution < 1.29 is 0 Å². The maximum absolute atomic E-state index is 12.6. The second-order valence-electron chi connectivity index (χ2n) is 6.64. The van der Waals surface area contributed by atoms with Crippen molar-refractivity contribution >= 4 is 40.0 Å². The van der Waals surface area contributed by atoms with Gasteiger partial charge in [0.15, 0.2) is 0 Å². The van der Waals surface area contributed by atoms with Gasteiger partial charge in [0.2, 0.25) is 5.95 Å². The number of benzene rings is 2. The van der Waals surface area contributed by atoms with E-state index in [9.17, 15) is 4.79 Å². The van der Waals surface area contributed by atoms with E-state index >= 15 is 0 Å². The van der Waals surface area contributed by atoms with Crippen LogP contribution in [0.5, 0.6) is 0 Å². The minimum Gasteiger partial charge on any atom is -0.280 e. The Hall–Kier alpha value is -3.51. The van der Waals surface area contributed by atoms with Crippen LogP contribution in [0.1, 0.15) is 16.0 Å². The van der Waals surface area contributed by atoms with Crippen LogP contribution in [0.3, 0.4) is 0 Å². The molecular formula is C23H20N4OS. The van der Waals surface area contributed by atoms with Gasteiger partial charge in [0.25, 0.3) is 5.56 Å². The Morgan fingerprint density at radius 1 is 1.10 bits per heavy atom. The van der Waals surface area contributed by atoms with Gasteiger partial charge >= 0.3 is 0 Å². The molecule has 29 heavy (non-hydrogen) atoms.